The van der Waals surface area contributed by atoms with Crippen molar-refractivity contribution in [2.24, 2.45) is 0 Å². The minimum absolute atomic E-state index is 0.0270. The van der Waals surface area contributed by atoms with Crippen LogP contribution in [0.3, 0.4) is 0 Å². The molecule has 0 aliphatic heterocycles. The van der Waals surface area contributed by atoms with E-state index in [2.05, 4.69) is 15.5 Å². The summed E-state index contributed by atoms with van der Waals surface area (Å²) in [6.07, 6.45) is 3.16. The molecule has 4 aromatic rings. The van der Waals surface area contributed by atoms with Gasteiger partial charge in [0.15, 0.2) is 10.8 Å². The monoisotopic (exact) mass is 470 g/mol. The maximum absolute atomic E-state index is 12.5. The van der Waals surface area contributed by atoms with Gasteiger partial charge in [-0.05, 0) is 40.3 Å². The highest BCUT2D eigenvalue weighted by Crippen LogP contribution is 2.22. The summed E-state index contributed by atoms with van der Waals surface area (Å²) in [6, 6.07) is 16.0. The Morgan fingerprint density at radius 2 is 1.75 bits per heavy atom. The molecule has 0 radical (unpaired) electrons. The van der Waals surface area contributed by atoms with E-state index in [1.54, 1.807) is 47.3 Å². The first-order chi connectivity index (χ1) is 15.4. The highest BCUT2D eigenvalue weighted by Gasteiger charge is 2.19. The minimum Gasteiger partial charge on any atom is -0.358 e. The first-order valence-electron chi connectivity index (χ1n) is 9.43. The molecule has 0 saturated carbocycles. The molecule has 0 aliphatic rings. The molecule has 0 aliphatic carbocycles. The largest absolute Gasteiger partial charge is 0.408 e. The molecule has 2 heterocycles. The van der Waals surface area contributed by atoms with Crippen LogP contribution in [0.1, 0.15) is 21.5 Å². The topological polar surface area (TPSA) is 108 Å². The highest BCUT2D eigenvalue weighted by molar-refractivity contribution is 6.32. The molecule has 0 atom stereocenters. The summed E-state index contributed by atoms with van der Waals surface area (Å²) in [5, 5.41) is 22.4. The Hall–Kier alpha value is -3.69. The second-order valence-electron chi connectivity index (χ2n) is 6.93. The number of hydrogen-bond donors (Lipinski definition) is 1. The lowest BCUT2D eigenvalue weighted by molar-refractivity contribution is -0.389. The summed E-state index contributed by atoms with van der Waals surface area (Å²) in [5.41, 5.74) is 2.25. The molecule has 2 aromatic carbocycles. The lowest BCUT2D eigenvalue weighted by Gasteiger charge is -2.05. The summed E-state index contributed by atoms with van der Waals surface area (Å²) >= 11 is 11.8. The SMILES string of the molecule is O=C(Nc1ccn(Cc2cccc(Cl)c2)n1)c1ccc(Cn2cc(Cl)c([N+](=O)[O-])n2)cc1. The van der Waals surface area contributed by atoms with E-state index in [4.69, 9.17) is 23.2 Å². The molecule has 4 rings (SSSR count). The maximum Gasteiger partial charge on any atom is 0.408 e. The van der Waals surface area contributed by atoms with Crippen molar-refractivity contribution in [1.29, 1.82) is 0 Å². The van der Waals surface area contributed by atoms with Crippen LogP contribution in [0.25, 0.3) is 0 Å². The number of nitrogens with one attached hydrogen (secondary N) is 1. The van der Waals surface area contributed by atoms with E-state index >= 15 is 0 Å². The van der Waals surface area contributed by atoms with Gasteiger partial charge >= 0.3 is 5.82 Å². The molecule has 9 nitrogen and oxygen atoms in total. The number of nitrogens with zero attached hydrogens (tertiary/aromatic N) is 5. The summed E-state index contributed by atoms with van der Waals surface area (Å²) in [7, 11) is 0. The Morgan fingerprint density at radius 3 is 2.44 bits per heavy atom. The summed E-state index contributed by atoms with van der Waals surface area (Å²) in [4.78, 5) is 22.7. The molecule has 0 bridgehead atoms. The van der Waals surface area contributed by atoms with Gasteiger partial charge in [0.1, 0.15) is 0 Å². The lowest BCUT2D eigenvalue weighted by Crippen LogP contribution is -2.13. The van der Waals surface area contributed by atoms with Crippen LogP contribution in [0.4, 0.5) is 11.6 Å². The second kappa shape index (κ2) is 9.21. The maximum atomic E-state index is 12.5. The van der Waals surface area contributed by atoms with Gasteiger partial charge in [0.25, 0.3) is 5.91 Å². The fourth-order valence-electron chi connectivity index (χ4n) is 3.07. The molecule has 11 heteroatoms. The molecule has 0 unspecified atom stereocenters. The van der Waals surface area contributed by atoms with Crippen molar-refractivity contribution in [3.05, 3.63) is 104 Å². The lowest BCUT2D eigenvalue weighted by atomic mass is 10.1. The zero-order valence-electron chi connectivity index (χ0n) is 16.5. The number of rotatable bonds is 7. The summed E-state index contributed by atoms with van der Waals surface area (Å²) in [6.45, 7) is 0.810. The highest BCUT2D eigenvalue weighted by atomic mass is 35.5. The normalized spacial score (nSPS) is 10.8. The van der Waals surface area contributed by atoms with Gasteiger partial charge in [-0.2, -0.15) is 9.78 Å². The molecule has 162 valence electrons. The van der Waals surface area contributed by atoms with Crippen LogP contribution in [-0.4, -0.2) is 30.4 Å². The molecular formula is C21H16Cl2N6O3. The van der Waals surface area contributed by atoms with Crippen LogP contribution in [-0.2, 0) is 13.1 Å². The number of carbonyl (C=O) groups is 1. The molecule has 0 fully saturated rings. The third kappa shape index (κ3) is 5.13. The van der Waals surface area contributed by atoms with Gasteiger partial charge in [0.05, 0.1) is 24.4 Å². The molecule has 0 saturated heterocycles. The third-order valence-electron chi connectivity index (χ3n) is 4.55. The fraction of sp³-hybridized carbons (Fsp3) is 0.0952. The molecular weight excluding hydrogens is 455 g/mol. The van der Waals surface area contributed by atoms with Crippen molar-refractivity contribution in [2.75, 3.05) is 5.32 Å². The summed E-state index contributed by atoms with van der Waals surface area (Å²) < 4.78 is 3.08. The molecule has 1 amide bonds. The van der Waals surface area contributed by atoms with Gasteiger partial charge in [-0.25, -0.2) is 0 Å². The second-order valence-corrected chi connectivity index (χ2v) is 7.78. The standard InChI is InChI=1S/C21H16Cl2N6O3/c22-17-3-1-2-15(10-17)12-27-9-8-19(25-27)24-21(30)16-6-4-14(5-7-16)11-28-13-18(23)20(26-28)29(31)32/h1-10,13H,11-12H2,(H,24,25,30). The zero-order valence-corrected chi connectivity index (χ0v) is 18.0. The first-order valence-corrected chi connectivity index (χ1v) is 10.2. The Kier molecular flexibility index (Phi) is 6.20. The number of benzene rings is 2. The average Bonchev–Trinajstić information content (AvgIpc) is 3.34. The van der Waals surface area contributed by atoms with E-state index in [0.29, 0.717) is 22.9 Å². The van der Waals surface area contributed by atoms with Crippen LogP contribution < -0.4 is 5.32 Å². The van der Waals surface area contributed by atoms with Crippen LogP contribution >= 0.6 is 23.2 Å². The van der Waals surface area contributed by atoms with Gasteiger partial charge in [-0.3, -0.25) is 9.48 Å². The van der Waals surface area contributed by atoms with E-state index in [-0.39, 0.29) is 17.5 Å². The Morgan fingerprint density at radius 1 is 1.00 bits per heavy atom. The number of nitro groups is 1. The van der Waals surface area contributed by atoms with Crippen LogP contribution in [0.5, 0.6) is 0 Å². The number of amides is 1. The first kappa shape index (κ1) is 21.5. The number of anilines is 1. The zero-order chi connectivity index (χ0) is 22.7. The molecule has 32 heavy (non-hydrogen) atoms. The van der Waals surface area contributed by atoms with E-state index in [0.717, 1.165) is 11.1 Å². The van der Waals surface area contributed by atoms with Crippen molar-refractivity contribution in [1.82, 2.24) is 19.6 Å². The third-order valence-corrected chi connectivity index (χ3v) is 5.05. The predicted molar refractivity (Wildman–Crippen MR) is 120 cm³/mol. The Balaban J connectivity index is 1.37. The number of halogens is 2. The smallest absolute Gasteiger partial charge is 0.358 e. The molecule has 0 spiro atoms. The van der Waals surface area contributed by atoms with Gasteiger partial charge in [0, 0.05) is 22.8 Å². The van der Waals surface area contributed by atoms with Crippen molar-refractivity contribution in [3.63, 3.8) is 0 Å². The quantitative estimate of drug-likeness (QED) is 0.312. The van der Waals surface area contributed by atoms with E-state index in [1.165, 1.54) is 10.9 Å². The van der Waals surface area contributed by atoms with Gasteiger partial charge < -0.3 is 15.4 Å². The van der Waals surface area contributed by atoms with Crippen molar-refractivity contribution < 1.29 is 9.72 Å². The Bertz CT molecular complexity index is 1280. The van der Waals surface area contributed by atoms with Crippen molar-refractivity contribution in [2.45, 2.75) is 13.1 Å². The van der Waals surface area contributed by atoms with Crippen LogP contribution in [0.15, 0.2) is 67.0 Å². The van der Waals surface area contributed by atoms with Gasteiger partial charge in [0.2, 0.25) is 0 Å². The number of hydrogen-bond acceptors (Lipinski definition) is 5. The van der Waals surface area contributed by atoms with E-state index in [1.807, 2.05) is 18.2 Å². The van der Waals surface area contributed by atoms with Gasteiger partial charge in [-0.15, -0.1) is 0 Å². The molecule has 1 N–H and O–H groups in total. The fourth-order valence-corrected chi connectivity index (χ4v) is 3.50. The van der Waals surface area contributed by atoms with E-state index in [9.17, 15) is 14.9 Å². The van der Waals surface area contributed by atoms with Gasteiger partial charge in [-0.1, -0.05) is 47.5 Å². The van der Waals surface area contributed by atoms with Crippen LogP contribution in [0.2, 0.25) is 10.0 Å². The van der Waals surface area contributed by atoms with Crippen LogP contribution in [0, 0.1) is 10.1 Å². The minimum atomic E-state index is -0.636. The Labute approximate surface area is 192 Å². The van der Waals surface area contributed by atoms with Crippen molar-refractivity contribution in [3.8, 4) is 0 Å². The number of aromatic nitrogens is 4. The number of carbonyl (C=O) groups excluding carboxylic acids is 1. The summed E-state index contributed by atoms with van der Waals surface area (Å²) in [5.74, 6) is -0.264. The average molecular weight is 471 g/mol. The van der Waals surface area contributed by atoms with Crippen molar-refractivity contribution >= 4 is 40.7 Å². The van der Waals surface area contributed by atoms with E-state index < -0.39 is 10.7 Å². The predicted octanol–water partition coefficient (Wildman–Crippen LogP) is 4.64. The molecule has 2 aromatic heterocycles.